The molecule has 34 heavy (non-hydrogen) atoms. The number of anilines is 1. The van der Waals surface area contributed by atoms with Gasteiger partial charge in [0.1, 0.15) is 23.8 Å². The number of nitrogens with zero attached hydrogens (tertiary/aromatic N) is 3. The number of ether oxygens (including phenoxy) is 1. The van der Waals surface area contributed by atoms with Crippen LogP contribution in [-0.2, 0) is 4.79 Å². The highest BCUT2D eigenvalue weighted by Gasteiger charge is 2.25. The first-order chi connectivity index (χ1) is 16.3. The lowest BCUT2D eigenvalue weighted by Gasteiger charge is -2.21. The van der Waals surface area contributed by atoms with E-state index in [1.165, 1.54) is 12.0 Å². The fourth-order valence-electron chi connectivity index (χ4n) is 3.90. The van der Waals surface area contributed by atoms with E-state index in [1.54, 1.807) is 31.2 Å². The van der Waals surface area contributed by atoms with Gasteiger partial charge in [-0.25, -0.2) is 4.98 Å². The number of aryl methyl sites for hydroxylation is 3. The number of fused-ring (bicyclic) bond motifs is 1. The highest BCUT2D eigenvalue weighted by Crippen LogP contribution is 2.31. The van der Waals surface area contributed by atoms with Crippen molar-refractivity contribution in [2.75, 3.05) is 25.5 Å². The normalized spacial score (nSPS) is 11.0. The number of furan rings is 1. The van der Waals surface area contributed by atoms with Crippen LogP contribution in [0.1, 0.15) is 34.5 Å². The van der Waals surface area contributed by atoms with E-state index < -0.39 is 0 Å². The molecule has 3 heterocycles. The second kappa shape index (κ2) is 9.38. The first-order valence-corrected chi connectivity index (χ1v) is 10.9. The molecule has 1 aromatic carbocycles. The summed E-state index contributed by atoms with van der Waals surface area (Å²) in [6, 6.07) is 10.7. The number of carbonyl (C=O) groups excluding carboxylic acids is 2. The molecule has 0 atom stereocenters. The van der Waals surface area contributed by atoms with Gasteiger partial charge >= 0.3 is 0 Å². The number of benzene rings is 1. The predicted octanol–water partition coefficient (Wildman–Crippen LogP) is 4.52. The van der Waals surface area contributed by atoms with Crippen molar-refractivity contribution in [3.8, 4) is 17.0 Å². The second-order valence-electron chi connectivity index (χ2n) is 7.90. The number of nitrogens with one attached hydrogen (secondary N) is 1. The number of methoxy groups -OCH3 is 1. The maximum Gasteiger partial charge on any atom is 0.259 e. The van der Waals surface area contributed by atoms with Crippen molar-refractivity contribution in [3.63, 3.8) is 0 Å². The number of amides is 2. The number of pyridine rings is 1. The Bertz CT molecular complexity index is 1370. The molecule has 1 N–H and O–H groups in total. The van der Waals surface area contributed by atoms with Gasteiger partial charge in [-0.3, -0.25) is 9.59 Å². The summed E-state index contributed by atoms with van der Waals surface area (Å²) in [7, 11) is 1.53. The molecule has 9 nitrogen and oxygen atoms in total. The van der Waals surface area contributed by atoms with Gasteiger partial charge < -0.3 is 23.9 Å². The number of aromatic nitrogens is 2. The summed E-state index contributed by atoms with van der Waals surface area (Å²) >= 11 is 0. The molecule has 0 unspecified atom stereocenters. The molecular weight excluding hydrogens is 436 g/mol. The third kappa shape index (κ3) is 4.36. The summed E-state index contributed by atoms with van der Waals surface area (Å²) in [5.41, 5.74) is 3.00. The first kappa shape index (κ1) is 23.0. The smallest absolute Gasteiger partial charge is 0.259 e. The predicted molar refractivity (Wildman–Crippen MR) is 127 cm³/mol. The minimum absolute atomic E-state index is 0.138. The van der Waals surface area contributed by atoms with E-state index >= 15 is 0 Å². The lowest BCUT2D eigenvalue weighted by molar-refractivity contribution is -0.116. The van der Waals surface area contributed by atoms with Gasteiger partial charge in [-0.05, 0) is 52.0 Å². The van der Waals surface area contributed by atoms with E-state index in [4.69, 9.17) is 13.7 Å². The highest BCUT2D eigenvalue weighted by atomic mass is 16.5. The van der Waals surface area contributed by atoms with Gasteiger partial charge in [0, 0.05) is 12.1 Å². The van der Waals surface area contributed by atoms with Gasteiger partial charge in [0.2, 0.25) is 5.91 Å². The quantitative estimate of drug-likeness (QED) is 0.430. The van der Waals surface area contributed by atoms with Crippen LogP contribution in [0.2, 0.25) is 0 Å². The molecule has 0 fully saturated rings. The van der Waals surface area contributed by atoms with Crippen LogP contribution < -0.4 is 10.1 Å². The molecule has 4 aromatic rings. The molecule has 3 aromatic heterocycles. The van der Waals surface area contributed by atoms with Crippen LogP contribution in [0.15, 0.2) is 45.3 Å². The van der Waals surface area contributed by atoms with E-state index in [0.29, 0.717) is 46.1 Å². The molecule has 0 saturated carbocycles. The van der Waals surface area contributed by atoms with Crippen molar-refractivity contribution in [1.82, 2.24) is 15.0 Å². The Morgan fingerprint density at radius 2 is 1.91 bits per heavy atom. The molecule has 0 bridgehead atoms. The van der Waals surface area contributed by atoms with E-state index in [-0.39, 0.29) is 24.1 Å². The molecule has 0 aliphatic heterocycles. The van der Waals surface area contributed by atoms with Crippen LogP contribution in [0.5, 0.6) is 5.75 Å². The molecule has 0 spiro atoms. The van der Waals surface area contributed by atoms with Crippen molar-refractivity contribution < 1.29 is 23.3 Å². The molecule has 9 heteroatoms. The first-order valence-electron chi connectivity index (χ1n) is 10.9. The van der Waals surface area contributed by atoms with Crippen molar-refractivity contribution in [2.45, 2.75) is 27.7 Å². The largest absolute Gasteiger partial charge is 0.495 e. The summed E-state index contributed by atoms with van der Waals surface area (Å²) in [6.07, 6.45) is 0. The Labute approximate surface area is 196 Å². The Morgan fingerprint density at radius 1 is 1.15 bits per heavy atom. The standard InChI is InChI=1S/C25H26N4O5/c1-6-29(13-22(30)26-19-9-7-8-10-21(19)32-5)25(31)18-12-20(17-11-14(2)33-16(17)4)27-24-23(18)15(3)28-34-24/h7-12H,6,13H2,1-5H3,(H,26,30). The molecule has 0 radical (unpaired) electrons. The average Bonchev–Trinajstić information content (AvgIpc) is 3.37. The van der Waals surface area contributed by atoms with Gasteiger partial charge in [-0.1, -0.05) is 17.3 Å². The lowest BCUT2D eigenvalue weighted by Crippen LogP contribution is -2.38. The van der Waals surface area contributed by atoms with Crippen LogP contribution in [0.4, 0.5) is 5.69 Å². The maximum atomic E-state index is 13.6. The average molecular weight is 463 g/mol. The molecular formula is C25H26N4O5. The summed E-state index contributed by atoms with van der Waals surface area (Å²) in [5.74, 6) is 1.29. The fourth-order valence-corrected chi connectivity index (χ4v) is 3.90. The molecule has 0 saturated heterocycles. The van der Waals surface area contributed by atoms with Gasteiger partial charge in [-0.2, -0.15) is 0 Å². The van der Waals surface area contributed by atoms with Crippen LogP contribution >= 0.6 is 0 Å². The van der Waals surface area contributed by atoms with Gasteiger partial charge in [0.25, 0.3) is 11.6 Å². The Kier molecular flexibility index (Phi) is 6.36. The Hall–Kier alpha value is -4.14. The number of rotatable bonds is 7. The zero-order valence-corrected chi connectivity index (χ0v) is 19.8. The van der Waals surface area contributed by atoms with Gasteiger partial charge in [0.05, 0.1) is 35.1 Å². The molecule has 0 aliphatic rings. The number of likely N-dealkylation sites (N-methyl/N-ethyl adjacent to an activating group) is 1. The summed E-state index contributed by atoms with van der Waals surface area (Å²) in [4.78, 5) is 32.4. The van der Waals surface area contributed by atoms with Crippen molar-refractivity contribution in [2.24, 2.45) is 0 Å². The van der Waals surface area contributed by atoms with Crippen molar-refractivity contribution in [1.29, 1.82) is 0 Å². The third-order valence-electron chi connectivity index (χ3n) is 5.55. The zero-order valence-electron chi connectivity index (χ0n) is 19.8. The number of carbonyl (C=O) groups is 2. The second-order valence-corrected chi connectivity index (χ2v) is 7.90. The topological polar surface area (TPSA) is 111 Å². The summed E-state index contributed by atoms with van der Waals surface area (Å²) < 4.78 is 16.3. The van der Waals surface area contributed by atoms with Crippen LogP contribution in [0, 0.1) is 20.8 Å². The fraction of sp³-hybridized carbons (Fsp3) is 0.280. The van der Waals surface area contributed by atoms with E-state index in [2.05, 4.69) is 15.5 Å². The molecule has 176 valence electrons. The van der Waals surface area contributed by atoms with Gasteiger partial charge in [-0.15, -0.1) is 0 Å². The maximum absolute atomic E-state index is 13.6. The van der Waals surface area contributed by atoms with Gasteiger partial charge in [0.15, 0.2) is 0 Å². The number of para-hydroxylation sites is 2. The minimum atomic E-state index is -0.339. The van der Waals surface area contributed by atoms with Crippen LogP contribution in [0.25, 0.3) is 22.4 Å². The molecule has 0 aliphatic carbocycles. The summed E-state index contributed by atoms with van der Waals surface area (Å²) in [5, 5.41) is 7.33. The van der Waals surface area contributed by atoms with Crippen LogP contribution in [-0.4, -0.2) is 47.1 Å². The van der Waals surface area contributed by atoms with E-state index in [1.807, 2.05) is 32.9 Å². The monoisotopic (exact) mass is 462 g/mol. The minimum Gasteiger partial charge on any atom is -0.495 e. The van der Waals surface area contributed by atoms with E-state index in [0.717, 1.165) is 11.3 Å². The summed E-state index contributed by atoms with van der Waals surface area (Å²) in [6.45, 7) is 7.44. The Balaban J connectivity index is 1.67. The Morgan fingerprint density at radius 3 is 2.59 bits per heavy atom. The zero-order chi connectivity index (χ0) is 24.4. The third-order valence-corrected chi connectivity index (χ3v) is 5.55. The van der Waals surface area contributed by atoms with Crippen molar-refractivity contribution >= 4 is 28.6 Å². The molecule has 2 amide bonds. The van der Waals surface area contributed by atoms with Crippen molar-refractivity contribution in [3.05, 3.63) is 59.2 Å². The highest BCUT2D eigenvalue weighted by molar-refractivity contribution is 6.08. The lowest BCUT2D eigenvalue weighted by atomic mass is 10.0. The van der Waals surface area contributed by atoms with Crippen LogP contribution in [0.3, 0.4) is 0 Å². The molecule has 4 rings (SSSR count). The van der Waals surface area contributed by atoms with E-state index in [9.17, 15) is 9.59 Å². The number of hydrogen-bond donors (Lipinski definition) is 1. The SMILES string of the molecule is CCN(CC(=O)Nc1ccccc1OC)C(=O)c1cc(-c2cc(C)oc2C)nc2onc(C)c12. The number of hydrogen-bond acceptors (Lipinski definition) is 7.